The van der Waals surface area contributed by atoms with Gasteiger partial charge in [-0.1, -0.05) is 0 Å². The van der Waals surface area contributed by atoms with E-state index in [0.29, 0.717) is 18.4 Å². The topological polar surface area (TPSA) is 77.2 Å². The molecule has 0 aliphatic carbocycles. The SMILES string of the molecule is Cn1ccnc1C(=O)NCc1cnc2n1CCN([C@@H]1CCOC1)CC2. The number of aryl methyl sites for hydroxylation is 1. The van der Waals surface area contributed by atoms with Crippen molar-refractivity contribution in [2.24, 2.45) is 7.05 Å². The first-order valence-electron chi connectivity index (χ1n) is 8.83. The minimum atomic E-state index is -0.165. The second-order valence-corrected chi connectivity index (χ2v) is 6.67. The standard InChI is InChI=1S/C17H24N6O2/c1-21-6-4-18-16(21)17(24)20-11-14-10-19-15-2-5-22(7-8-23(14)15)13-3-9-25-12-13/h4,6,10,13H,2-3,5,7-9,11-12H2,1H3,(H,20,24)/t13-/m1/s1. The second-order valence-electron chi connectivity index (χ2n) is 6.67. The molecule has 4 rings (SSSR count). The van der Waals surface area contributed by atoms with Crippen LogP contribution in [-0.2, 0) is 31.3 Å². The van der Waals surface area contributed by atoms with Crippen LogP contribution in [0.1, 0.15) is 28.6 Å². The lowest BCUT2D eigenvalue weighted by molar-refractivity contribution is 0.0936. The molecule has 1 amide bonds. The van der Waals surface area contributed by atoms with E-state index in [1.807, 2.05) is 13.2 Å². The van der Waals surface area contributed by atoms with Crippen molar-refractivity contribution in [3.63, 3.8) is 0 Å². The number of carbonyl (C=O) groups is 1. The van der Waals surface area contributed by atoms with Crippen LogP contribution in [0.4, 0.5) is 0 Å². The van der Waals surface area contributed by atoms with E-state index in [4.69, 9.17) is 4.74 Å². The van der Waals surface area contributed by atoms with Crippen LogP contribution in [0.5, 0.6) is 0 Å². The highest BCUT2D eigenvalue weighted by atomic mass is 16.5. The van der Waals surface area contributed by atoms with Gasteiger partial charge in [0, 0.05) is 58.1 Å². The fraction of sp³-hybridized carbons (Fsp3) is 0.588. The summed E-state index contributed by atoms with van der Waals surface area (Å²) in [7, 11) is 1.81. The molecule has 0 spiro atoms. The minimum absolute atomic E-state index is 0.165. The largest absolute Gasteiger partial charge is 0.380 e. The second kappa shape index (κ2) is 6.97. The summed E-state index contributed by atoms with van der Waals surface area (Å²) in [4.78, 5) is 23.4. The van der Waals surface area contributed by atoms with Crippen molar-refractivity contribution in [3.8, 4) is 0 Å². The molecule has 1 fully saturated rings. The van der Waals surface area contributed by atoms with Crippen LogP contribution < -0.4 is 5.32 Å². The van der Waals surface area contributed by atoms with Crippen LogP contribution in [-0.4, -0.2) is 62.3 Å². The quantitative estimate of drug-likeness (QED) is 0.857. The van der Waals surface area contributed by atoms with Crippen molar-refractivity contribution in [2.75, 3.05) is 26.3 Å². The molecule has 25 heavy (non-hydrogen) atoms. The molecule has 2 aliphatic heterocycles. The summed E-state index contributed by atoms with van der Waals surface area (Å²) >= 11 is 0. The third-order valence-corrected chi connectivity index (χ3v) is 5.13. The normalized spacial score (nSPS) is 21.1. The zero-order chi connectivity index (χ0) is 17.2. The van der Waals surface area contributed by atoms with E-state index in [2.05, 4.69) is 24.8 Å². The van der Waals surface area contributed by atoms with Crippen molar-refractivity contribution >= 4 is 5.91 Å². The molecule has 0 unspecified atom stereocenters. The lowest BCUT2D eigenvalue weighted by Crippen LogP contribution is -2.37. The molecule has 8 nitrogen and oxygen atoms in total. The van der Waals surface area contributed by atoms with Crippen LogP contribution in [0, 0.1) is 0 Å². The summed E-state index contributed by atoms with van der Waals surface area (Å²) in [5.74, 6) is 1.35. The molecular formula is C17H24N6O2. The summed E-state index contributed by atoms with van der Waals surface area (Å²) in [6, 6.07) is 0.538. The molecule has 2 aliphatic rings. The Labute approximate surface area is 146 Å². The zero-order valence-electron chi connectivity index (χ0n) is 14.5. The number of amides is 1. The van der Waals surface area contributed by atoms with Gasteiger partial charge < -0.3 is 19.2 Å². The molecule has 0 saturated carbocycles. The first-order valence-corrected chi connectivity index (χ1v) is 8.83. The summed E-state index contributed by atoms with van der Waals surface area (Å²) in [5, 5.41) is 2.95. The van der Waals surface area contributed by atoms with E-state index >= 15 is 0 Å². The Morgan fingerprint density at radius 1 is 1.36 bits per heavy atom. The fourth-order valence-corrected chi connectivity index (χ4v) is 3.66. The first kappa shape index (κ1) is 16.3. The molecule has 134 valence electrons. The molecule has 2 aromatic heterocycles. The number of fused-ring (bicyclic) bond motifs is 1. The van der Waals surface area contributed by atoms with Crippen LogP contribution in [0.3, 0.4) is 0 Å². The first-order chi connectivity index (χ1) is 12.2. The monoisotopic (exact) mass is 344 g/mol. The van der Waals surface area contributed by atoms with Gasteiger partial charge in [-0.15, -0.1) is 0 Å². The minimum Gasteiger partial charge on any atom is -0.380 e. The highest BCUT2D eigenvalue weighted by Crippen LogP contribution is 2.17. The maximum atomic E-state index is 12.2. The maximum absolute atomic E-state index is 12.2. The number of nitrogens with one attached hydrogen (secondary N) is 1. The molecule has 1 saturated heterocycles. The van der Waals surface area contributed by atoms with E-state index in [1.165, 1.54) is 0 Å². The smallest absolute Gasteiger partial charge is 0.287 e. The Morgan fingerprint density at radius 2 is 2.28 bits per heavy atom. The predicted octanol–water partition coefficient (Wildman–Crippen LogP) is 0.194. The number of nitrogens with zero attached hydrogens (tertiary/aromatic N) is 5. The number of aromatic nitrogens is 4. The van der Waals surface area contributed by atoms with Gasteiger partial charge in [0.15, 0.2) is 5.82 Å². The Balaban J connectivity index is 1.40. The Bertz CT molecular complexity index is 746. The van der Waals surface area contributed by atoms with Gasteiger partial charge in [0.1, 0.15) is 5.82 Å². The number of hydrogen-bond acceptors (Lipinski definition) is 5. The summed E-state index contributed by atoms with van der Waals surface area (Å²) in [5.41, 5.74) is 1.04. The number of rotatable bonds is 4. The van der Waals surface area contributed by atoms with Crippen LogP contribution in [0.15, 0.2) is 18.6 Å². The van der Waals surface area contributed by atoms with E-state index in [0.717, 1.165) is 57.2 Å². The van der Waals surface area contributed by atoms with Crippen LogP contribution in [0.25, 0.3) is 0 Å². The molecule has 0 bridgehead atoms. The molecule has 0 aromatic carbocycles. The fourth-order valence-electron chi connectivity index (χ4n) is 3.66. The van der Waals surface area contributed by atoms with Gasteiger partial charge in [0.25, 0.3) is 5.91 Å². The third-order valence-electron chi connectivity index (χ3n) is 5.13. The average molecular weight is 344 g/mol. The highest BCUT2D eigenvalue weighted by molar-refractivity contribution is 5.90. The van der Waals surface area contributed by atoms with Crippen molar-refractivity contribution in [3.05, 3.63) is 35.9 Å². The summed E-state index contributed by atoms with van der Waals surface area (Å²) in [6.07, 6.45) is 7.32. The molecule has 4 heterocycles. The third kappa shape index (κ3) is 3.32. The van der Waals surface area contributed by atoms with Crippen molar-refractivity contribution in [1.29, 1.82) is 0 Å². The van der Waals surface area contributed by atoms with Crippen LogP contribution in [0.2, 0.25) is 0 Å². The lowest BCUT2D eigenvalue weighted by Gasteiger charge is -2.25. The number of ether oxygens (including phenoxy) is 1. The number of carbonyl (C=O) groups excluding carboxylic acids is 1. The number of imidazole rings is 2. The van der Waals surface area contributed by atoms with Gasteiger partial charge >= 0.3 is 0 Å². The van der Waals surface area contributed by atoms with Crippen molar-refractivity contribution in [1.82, 2.24) is 29.3 Å². The van der Waals surface area contributed by atoms with Gasteiger partial charge in [0.05, 0.1) is 25.0 Å². The van der Waals surface area contributed by atoms with Crippen molar-refractivity contribution in [2.45, 2.75) is 32.0 Å². The molecule has 8 heteroatoms. The van der Waals surface area contributed by atoms with E-state index in [-0.39, 0.29) is 5.91 Å². The zero-order valence-corrected chi connectivity index (χ0v) is 14.5. The van der Waals surface area contributed by atoms with Crippen molar-refractivity contribution < 1.29 is 9.53 Å². The van der Waals surface area contributed by atoms with Crippen LogP contribution >= 0.6 is 0 Å². The van der Waals surface area contributed by atoms with E-state index in [9.17, 15) is 4.79 Å². The molecule has 2 aromatic rings. The Morgan fingerprint density at radius 3 is 3.04 bits per heavy atom. The Kier molecular flexibility index (Phi) is 4.54. The average Bonchev–Trinajstić information content (AvgIpc) is 3.33. The van der Waals surface area contributed by atoms with E-state index < -0.39 is 0 Å². The molecule has 1 N–H and O–H groups in total. The molecule has 1 atom stereocenters. The molecule has 0 radical (unpaired) electrons. The predicted molar refractivity (Wildman–Crippen MR) is 91.1 cm³/mol. The summed E-state index contributed by atoms with van der Waals surface area (Å²) < 4.78 is 9.48. The van der Waals surface area contributed by atoms with Gasteiger partial charge in [0.2, 0.25) is 0 Å². The maximum Gasteiger partial charge on any atom is 0.287 e. The highest BCUT2D eigenvalue weighted by Gasteiger charge is 2.26. The summed E-state index contributed by atoms with van der Waals surface area (Å²) in [6.45, 7) is 5.09. The van der Waals surface area contributed by atoms with Gasteiger partial charge in [-0.2, -0.15) is 0 Å². The Hall–Kier alpha value is -2.19. The lowest BCUT2D eigenvalue weighted by atomic mass is 10.2. The molecular weight excluding hydrogens is 320 g/mol. The van der Waals surface area contributed by atoms with Gasteiger partial charge in [-0.3, -0.25) is 9.69 Å². The van der Waals surface area contributed by atoms with Gasteiger partial charge in [-0.25, -0.2) is 9.97 Å². The van der Waals surface area contributed by atoms with Gasteiger partial charge in [-0.05, 0) is 6.42 Å². The number of hydrogen-bond donors (Lipinski definition) is 1. The van der Waals surface area contributed by atoms with E-state index in [1.54, 1.807) is 17.0 Å².